The Balaban J connectivity index is 1.66. The zero-order valence-electron chi connectivity index (χ0n) is 19.1. The van der Waals surface area contributed by atoms with Crippen molar-refractivity contribution in [1.82, 2.24) is 14.1 Å². The van der Waals surface area contributed by atoms with Gasteiger partial charge >= 0.3 is 0 Å². The summed E-state index contributed by atoms with van der Waals surface area (Å²) >= 11 is 0. The normalized spacial score (nSPS) is 23.4. The van der Waals surface area contributed by atoms with Crippen LogP contribution in [0.3, 0.4) is 0 Å². The minimum Gasteiger partial charge on any atom is -0.388 e. The molecule has 1 atom stereocenters. The molecular formula is C22H36N4O4S. The second-order valence-electron chi connectivity index (χ2n) is 9.33. The fourth-order valence-corrected chi connectivity index (χ4v) is 5.39. The van der Waals surface area contributed by atoms with Crippen molar-refractivity contribution in [3.8, 4) is 0 Å². The van der Waals surface area contributed by atoms with Crippen LogP contribution in [0.2, 0.25) is 0 Å². The minimum atomic E-state index is -3.39. The molecule has 1 aromatic carbocycles. The van der Waals surface area contributed by atoms with E-state index in [1.165, 1.54) is 26.7 Å². The van der Waals surface area contributed by atoms with Crippen molar-refractivity contribution in [1.29, 1.82) is 0 Å². The fraction of sp³-hybridized carbons (Fsp3) is 0.682. The maximum Gasteiger partial charge on any atom is 0.227 e. The van der Waals surface area contributed by atoms with Gasteiger partial charge in [-0.3, -0.25) is 9.69 Å². The van der Waals surface area contributed by atoms with Crippen molar-refractivity contribution >= 4 is 21.6 Å². The predicted octanol–water partition coefficient (Wildman–Crippen LogP) is 0.608. The number of amides is 1. The monoisotopic (exact) mass is 452 g/mol. The Bertz CT molecular complexity index is 864. The summed E-state index contributed by atoms with van der Waals surface area (Å²) < 4.78 is 25.7. The van der Waals surface area contributed by atoms with Crippen molar-refractivity contribution in [2.24, 2.45) is 5.92 Å². The maximum atomic E-state index is 12.7. The molecule has 2 fully saturated rings. The van der Waals surface area contributed by atoms with Crippen molar-refractivity contribution in [2.75, 3.05) is 71.1 Å². The average Bonchev–Trinajstić information content (AvgIpc) is 2.91. The van der Waals surface area contributed by atoms with Gasteiger partial charge in [-0.2, -0.15) is 0 Å². The third kappa shape index (κ3) is 6.19. The molecule has 1 N–H and O–H groups in total. The number of carbonyl (C=O) groups excluding carboxylic acids is 1. The predicted molar refractivity (Wildman–Crippen MR) is 123 cm³/mol. The SMILES string of the molecule is Cc1ccc(N2CCC(O)(CN3CCN(S(C)(=O)=O)CC(C(=O)N(C)C)C3)CC2)cc1. The van der Waals surface area contributed by atoms with E-state index < -0.39 is 21.5 Å². The van der Waals surface area contributed by atoms with Gasteiger partial charge in [0.15, 0.2) is 0 Å². The van der Waals surface area contributed by atoms with Crippen LogP contribution in [-0.4, -0.2) is 105 Å². The third-order valence-corrected chi connectivity index (χ3v) is 7.71. The van der Waals surface area contributed by atoms with Gasteiger partial charge < -0.3 is 14.9 Å². The van der Waals surface area contributed by atoms with Gasteiger partial charge in [0, 0.05) is 65.6 Å². The molecule has 8 nitrogen and oxygen atoms in total. The highest BCUT2D eigenvalue weighted by atomic mass is 32.2. The fourth-order valence-electron chi connectivity index (χ4n) is 4.53. The maximum absolute atomic E-state index is 12.7. The number of aryl methyl sites for hydroxylation is 1. The van der Waals surface area contributed by atoms with E-state index in [-0.39, 0.29) is 12.5 Å². The second kappa shape index (κ2) is 9.44. The molecular weight excluding hydrogens is 416 g/mol. The van der Waals surface area contributed by atoms with Gasteiger partial charge in [0.05, 0.1) is 17.8 Å². The Morgan fingerprint density at radius 2 is 1.71 bits per heavy atom. The van der Waals surface area contributed by atoms with Crippen LogP contribution >= 0.6 is 0 Å². The standard InChI is InChI=1S/C22H36N4O4S/c1-18-5-7-20(8-6-18)25-11-9-22(28,10-12-25)17-24-13-14-26(31(4,29)30)16-19(15-24)21(27)23(2)3/h5-8,19,28H,9-17H2,1-4H3. The lowest BCUT2D eigenvalue weighted by Gasteiger charge is -2.42. The Hall–Kier alpha value is -1.68. The van der Waals surface area contributed by atoms with Crippen LogP contribution in [0.4, 0.5) is 5.69 Å². The number of hydrogen-bond donors (Lipinski definition) is 1. The first-order valence-electron chi connectivity index (χ1n) is 10.9. The molecule has 174 valence electrons. The first-order valence-corrected chi connectivity index (χ1v) is 12.7. The Morgan fingerprint density at radius 1 is 1.10 bits per heavy atom. The first-order chi connectivity index (χ1) is 14.5. The van der Waals surface area contributed by atoms with Crippen LogP contribution in [0.15, 0.2) is 24.3 Å². The number of piperidine rings is 1. The van der Waals surface area contributed by atoms with E-state index in [1.54, 1.807) is 14.1 Å². The van der Waals surface area contributed by atoms with Gasteiger partial charge in [0.25, 0.3) is 0 Å². The number of carbonyl (C=O) groups is 1. The van der Waals surface area contributed by atoms with Crippen LogP contribution in [0.5, 0.6) is 0 Å². The van der Waals surface area contributed by atoms with Gasteiger partial charge in [0.1, 0.15) is 0 Å². The molecule has 0 aromatic heterocycles. The zero-order valence-corrected chi connectivity index (χ0v) is 19.9. The minimum absolute atomic E-state index is 0.0817. The molecule has 31 heavy (non-hydrogen) atoms. The molecule has 2 saturated heterocycles. The van der Waals surface area contributed by atoms with Gasteiger partial charge in [0.2, 0.25) is 15.9 Å². The number of hydrogen-bond acceptors (Lipinski definition) is 6. The van der Waals surface area contributed by atoms with Crippen molar-refractivity contribution < 1.29 is 18.3 Å². The number of rotatable bonds is 5. The number of sulfonamides is 1. The van der Waals surface area contributed by atoms with E-state index >= 15 is 0 Å². The molecule has 2 aliphatic heterocycles. The van der Waals surface area contributed by atoms with E-state index in [0.717, 1.165) is 13.1 Å². The van der Waals surface area contributed by atoms with Crippen LogP contribution in [0.25, 0.3) is 0 Å². The molecule has 0 aliphatic carbocycles. The second-order valence-corrected chi connectivity index (χ2v) is 11.3. The summed E-state index contributed by atoms with van der Waals surface area (Å²) in [4.78, 5) is 18.6. The summed E-state index contributed by atoms with van der Waals surface area (Å²) in [6, 6.07) is 8.43. The summed E-state index contributed by atoms with van der Waals surface area (Å²) in [6.45, 7) is 5.53. The molecule has 2 heterocycles. The average molecular weight is 453 g/mol. The third-order valence-electron chi connectivity index (χ3n) is 6.44. The van der Waals surface area contributed by atoms with E-state index in [9.17, 15) is 18.3 Å². The highest BCUT2D eigenvalue weighted by Gasteiger charge is 2.38. The number of β-amino-alcohol motifs (C(OH)–C–C–N with tert-alkyl or cyclic N) is 1. The lowest BCUT2D eigenvalue weighted by molar-refractivity contribution is -0.133. The van der Waals surface area contributed by atoms with Gasteiger partial charge in [-0.15, -0.1) is 0 Å². The number of anilines is 1. The molecule has 0 radical (unpaired) electrons. The smallest absolute Gasteiger partial charge is 0.227 e. The summed E-state index contributed by atoms with van der Waals surface area (Å²) in [5.41, 5.74) is 1.55. The van der Waals surface area contributed by atoms with Gasteiger partial charge in [-0.25, -0.2) is 12.7 Å². The first kappa shape index (κ1) is 24.0. The Morgan fingerprint density at radius 3 is 2.26 bits per heavy atom. The van der Waals surface area contributed by atoms with Crippen LogP contribution in [-0.2, 0) is 14.8 Å². The molecule has 0 spiro atoms. The molecule has 0 saturated carbocycles. The van der Waals surface area contributed by atoms with E-state index in [1.807, 2.05) is 0 Å². The van der Waals surface area contributed by atoms with E-state index in [2.05, 4.69) is 41.0 Å². The zero-order chi connectivity index (χ0) is 22.8. The van der Waals surface area contributed by atoms with Crippen LogP contribution < -0.4 is 4.90 Å². The van der Waals surface area contributed by atoms with Crippen molar-refractivity contribution in [3.63, 3.8) is 0 Å². The summed E-state index contributed by atoms with van der Waals surface area (Å²) in [7, 11) is -0.00505. The number of benzene rings is 1. The Labute approximate surface area is 186 Å². The lowest BCUT2D eigenvalue weighted by atomic mass is 9.90. The topological polar surface area (TPSA) is 84.4 Å². The summed E-state index contributed by atoms with van der Waals surface area (Å²) in [5, 5.41) is 11.3. The van der Waals surface area contributed by atoms with E-state index in [0.29, 0.717) is 39.0 Å². The quantitative estimate of drug-likeness (QED) is 0.705. The number of aliphatic hydroxyl groups is 1. The molecule has 9 heteroatoms. The summed E-state index contributed by atoms with van der Waals surface area (Å²) in [5.74, 6) is -0.523. The molecule has 2 aliphatic rings. The molecule has 3 rings (SSSR count). The largest absolute Gasteiger partial charge is 0.388 e. The summed E-state index contributed by atoms with van der Waals surface area (Å²) in [6.07, 6.45) is 2.47. The molecule has 1 aromatic rings. The lowest BCUT2D eigenvalue weighted by Crippen LogP contribution is -2.52. The molecule has 0 bridgehead atoms. The van der Waals surface area contributed by atoms with Gasteiger partial charge in [-0.1, -0.05) is 17.7 Å². The van der Waals surface area contributed by atoms with Crippen molar-refractivity contribution in [3.05, 3.63) is 29.8 Å². The van der Waals surface area contributed by atoms with Crippen LogP contribution in [0, 0.1) is 12.8 Å². The molecule has 1 unspecified atom stereocenters. The molecule has 1 amide bonds. The van der Waals surface area contributed by atoms with E-state index in [4.69, 9.17) is 0 Å². The van der Waals surface area contributed by atoms with Gasteiger partial charge in [-0.05, 0) is 31.9 Å². The highest BCUT2D eigenvalue weighted by molar-refractivity contribution is 7.88. The Kier molecular flexibility index (Phi) is 7.30. The number of nitrogens with zero attached hydrogens (tertiary/aromatic N) is 4. The highest BCUT2D eigenvalue weighted by Crippen LogP contribution is 2.28. The van der Waals surface area contributed by atoms with Crippen molar-refractivity contribution in [2.45, 2.75) is 25.4 Å². The van der Waals surface area contributed by atoms with Crippen LogP contribution in [0.1, 0.15) is 18.4 Å².